The van der Waals surface area contributed by atoms with Gasteiger partial charge in [0.05, 0.1) is 15.9 Å². The van der Waals surface area contributed by atoms with E-state index in [4.69, 9.17) is 9.47 Å². The Kier molecular flexibility index (Phi) is 7.25. The maximum atomic E-state index is 13.9. The van der Waals surface area contributed by atoms with E-state index in [1.807, 2.05) is 37.4 Å². The summed E-state index contributed by atoms with van der Waals surface area (Å²) in [6.45, 7) is 6.70. The summed E-state index contributed by atoms with van der Waals surface area (Å²) in [5, 5.41) is 0. The van der Waals surface area contributed by atoms with Crippen LogP contribution in [-0.2, 0) is 6.61 Å². The summed E-state index contributed by atoms with van der Waals surface area (Å²) in [7, 11) is 0. The van der Waals surface area contributed by atoms with Gasteiger partial charge in [-0.1, -0.05) is 30.3 Å². The second-order valence-corrected chi connectivity index (χ2v) is 7.78. The number of rotatable bonds is 7. The maximum absolute atomic E-state index is 13.9. The van der Waals surface area contributed by atoms with Crippen LogP contribution in [0.3, 0.4) is 0 Å². The Morgan fingerprint density at radius 2 is 1.83 bits per heavy atom. The number of hydrogen-bond donors (Lipinski definition) is 0. The van der Waals surface area contributed by atoms with Gasteiger partial charge in [0.25, 0.3) is 0 Å². The van der Waals surface area contributed by atoms with Crippen LogP contribution >= 0.6 is 22.6 Å². The van der Waals surface area contributed by atoms with Gasteiger partial charge < -0.3 is 9.47 Å². The van der Waals surface area contributed by atoms with Gasteiger partial charge in [-0.25, -0.2) is 4.39 Å². The first kappa shape index (κ1) is 21.3. The highest BCUT2D eigenvalue weighted by molar-refractivity contribution is 14.1. The van der Waals surface area contributed by atoms with Gasteiger partial charge in [-0.3, -0.25) is 4.99 Å². The lowest BCUT2D eigenvalue weighted by Crippen LogP contribution is -2.03. The lowest BCUT2D eigenvalue weighted by Gasteiger charge is -2.15. The summed E-state index contributed by atoms with van der Waals surface area (Å²) >= 11 is 2.21. The van der Waals surface area contributed by atoms with Crippen molar-refractivity contribution in [3.8, 4) is 11.5 Å². The third-order valence-corrected chi connectivity index (χ3v) is 5.39. The van der Waals surface area contributed by atoms with Crippen LogP contribution in [0, 0.1) is 23.2 Å². The predicted molar refractivity (Wildman–Crippen MR) is 124 cm³/mol. The first-order chi connectivity index (χ1) is 14.0. The van der Waals surface area contributed by atoms with Gasteiger partial charge in [-0.2, -0.15) is 0 Å². The van der Waals surface area contributed by atoms with Crippen LogP contribution in [0.4, 0.5) is 10.1 Å². The van der Waals surface area contributed by atoms with Gasteiger partial charge in [0.2, 0.25) is 0 Å². The first-order valence-corrected chi connectivity index (χ1v) is 10.5. The molecule has 0 radical (unpaired) electrons. The first-order valence-electron chi connectivity index (χ1n) is 9.42. The molecule has 0 N–H and O–H groups in total. The summed E-state index contributed by atoms with van der Waals surface area (Å²) < 4.78 is 26.5. The van der Waals surface area contributed by atoms with Crippen molar-refractivity contribution in [2.75, 3.05) is 6.61 Å². The molecule has 0 spiro atoms. The molecule has 0 saturated heterocycles. The Hall–Kier alpha value is -2.41. The van der Waals surface area contributed by atoms with Gasteiger partial charge >= 0.3 is 0 Å². The van der Waals surface area contributed by atoms with E-state index in [1.54, 1.807) is 18.2 Å². The third-order valence-electron chi connectivity index (χ3n) is 4.59. The minimum atomic E-state index is -0.280. The van der Waals surface area contributed by atoms with Gasteiger partial charge in [0.1, 0.15) is 12.4 Å². The Morgan fingerprint density at radius 3 is 2.59 bits per heavy atom. The molecule has 3 nitrogen and oxygen atoms in total. The van der Waals surface area contributed by atoms with E-state index in [9.17, 15) is 4.39 Å². The largest absolute Gasteiger partial charge is 0.490 e. The average Bonchev–Trinajstić information content (AvgIpc) is 2.70. The molecule has 0 unspecified atom stereocenters. The number of benzene rings is 3. The normalized spacial score (nSPS) is 11.1. The molecule has 0 heterocycles. The second-order valence-electron chi connectivity index (χ2n) is 6.62. The number of aliphatic imine (C=N–C) groups is 1. The second kappa shape index (κ2) is 9.87. The molecule has 0 bridgehead atoms. The SMILES string of the molecule is CCOc1cc(C=Nc2cccc(C)c2C)cc(I)c1OCc1ccccc1F. The van der Waals surface area contributed by atoms with E-state index < -0.39 is 0 Å². The van der Waals surface area contributed by atoms with Crippen LogP contribution in [0.15, 0.2) is 59.6 Å². The molecular formula is C24H23FINO2. The third kappa shape index (κ3) is 5.35. The topological polar surface area (TPSA) is 30.8 Å². The fourth-order valence-corrected chi connectivity index (χ4v) is 3.63. The summed E-state index contributed by atoms with van der Waals surface area (Å²) in [5.41, 5.74) is 4.73. The van der Waals surface area contributed by atoms with E-state index in [0.29, 0.717) is 23.7 Å². The number of hydrogen-bond acceptors (Lipinski definition) is 3. The van der Waals surface area contributed by atoms with Crippen LogP contribution in [-0.4, -0.2) is 12.8 Å². The summed E-state index contributed by atoms with van der Waals surface area (Å²) in [5.74, 6) is 0.954. The van der Waals surface area contributed by atoms with Gasteiger partial charge in [0, 0.05) is 11.8 Å². The van der Waals surface area contributed by atoms with Crippen molar-refractivity contribution in [2.24, 2.45) is 4.99 Å². The van der Waals surface area contributed by atoms with Gasteiger partial charge in [-0.05, 0) is 84.3 Å². The number of ether oxygens (including phenoxy) is 2. The average molecular weight is 503 g/mol. The fourth-order valence-electron chi connectivity index (χ4n) is 2.85. The summed E-state index contributed by atoms with van der Waals surface area (Å²) in [6, 6.07) is 16.6. The lowest BCUT2D eigenvalue weighted by molar-refractivity contribution is 0.264. The highest BCUT2D eigenvalue weighted by atomic mass is 127. The van der Waals surface area contributed by atoms with Crippen molar-refractivity contribution < 1.29 is 13.9 Å². The van der Waals surface area contributed by atoms with Crippen molar-refractivity contribution in [1.29, 1.82) is 0 Å². The van der Waals surface area contributed by atoms with E-state index in [2.05, 4.69) is 47.5 Å². The molecular weight excluding hydrogens is 480 g/mol. The van der Waals surface area contributed by atoms with Crippen molar-refractivity contribution in [2.45, 2.75) is 27.4 Å². The van der Waals surface area contributed by atoms with E-state index in [-0.39, 0.29) is 12.4 Å². The molecule has 0 aliphatic rings. The number of aryl methyl sites for hydroxylation is 1. The zero-order valence-corrected chi connectivity index (χ0v) is 18.9. The zero-order valence-electron chi connectivity index (χ0n) is 16.7. The molecule has 0 atom stereocenters. The maximum Gasteiger partial charge on any atom is 0.175 e. The molecule has 0 fully saturated rings. The minimum Gasteiger partial charge on any atom is -0.490 e. The Morgan fingerprint density at radius 1 is 1.03 bits per heavy atom. The van der Waals surface area contributed by atoms with Crippen molar-refractivity contribution in [1.82, 2.24) is 0 Å². The Labute approximate surface area is 184 Å². The Bertz CT molecular complexity index is 1030. The standard InChI is InChI=1S/C24H23FINO2/c1-4-28-23-13-18(14-27-22-11-7-8-16(2)17(22)3)12-21(26)24(23)29-15-19-9-5-6-10-20(19)25/h5-14H,4,15H2,1-3H3. The van der Waals surface area contributed by atoms with E-state index >= 15 is 0 Å². The van der Waals surface area contributed by atoms with Crippen molar-refractivity contribution >= 4 is 34.5 Å². The van der Waals surface area contributed by atoms with Crippen molar-refractivity contribution in [3.63, 3.8) is 0 Å². The molecule has 0 aromatic heterocycles. The van der Waals surface area contributed by atoms with E-state index in [0.717, 1.165) is 20.4 Å². The number of halogens is 2. The van der Waals surface area contributed by atoms with Crippen LogP contribution in [0.2, 0.25) is 0 Å². The summed E-state index contributed by atoms with van der Waals surface area (Å²) in [4.78, 5) is 4.64. The van der Waals surface area contributed by atoms with Crippen LogP contribution in [0.25, 0.3) is 0 Å². The fraction of sp³-hybridized carbons (Fsp3) is 0.208. The molecule has 3 aromatic carbocycles. The minimum absolute atomic E-state index is 0.138. The molecule has 150 valence electrons. The van der Waals surface area contributed by atoms with Gasteiger partial charge in [-0.15, -0.1) is 0 Å². The predicted octanol–water partition coefficient (Wildman–Crippen LogP) is 6.78. The lowest BCUT2D eigenvalue weighted by atomic mass is 10.1. The molecule has 0 saturated carbocycles. The molecule has 5 heteroatoms. The quantitative estimate of drug-likeness (QED) is 0.263. The van der Waals surface area contributed by atoms with Crippen LogP contribution in [0.5, 0.6) is 11.5 Å². The van der Waals surface area contributed by atoms with Crippen LogP contribution < -0.4 is 9.47 Å². The van der Waals surface area contributed by atoms with Crippen LogP contribution in [0.1, 0.15) is 29.2 Å². The van der Waals surface area contributed by atoms with Crippen molar-refractivity contribution in [3.05, 3.63) is 86.2 Å². The highest BCUT2D eigenvalue weighted by Crippen LogP contribution is 2.35. The summed E-state index contributed by atoms with van der Waals surface area (Å²) in [6.07, 6.45) is 1.83. The molecule has 0 aliphatic carbocycles. The van der Waals surface area contributed by atoms with Gasteiger partial charge in [0.15, 0.2) is 11.5 Å². The number of nitrogens with zero attached hydrogens (tertiary/aromatic N) is 1. The molecule has 29 heavy (non-hydrogen) atoms. The molecule has 0 amide bonds. The van der Waals surface area contributed by atoms with E-state index in [1.165, 1.54) is 11.6 Å². The highest BCUT2D eigenvalue weighted by Gasteiger charge is 2.13. The monoisotopic (exact) mass is 503 g/mol. The molecule has 3 rings (SSSR count). The molecule has 0 aliphatic heterocycles. The molecule has 3 aromatic rings. The smallest absolute Gasteiger partial charge is 0.175 e. The Balaban J connectivity index is 1.87. The zero-order chi connectivity index (χ0) is 20.8.